The highest BCUT2D eigenvalue weighted by molar-refractivity contribution is 7.50. The maximum atomic E-state index is 11.4. The molecule has 0 aliphatic rings. The van der Waals surface area contributed by atoms with Crippen LogP contribution in [0.2, 0.25) is 0 Å². The second-order valence-electron chi connectivity index (χ2n) is 4.23. The monoisotopic (exact) mass is 324 g/mol. The van der Waals surface area contributed by atoms with Crippen LogP contribution in [0.5, 0.6) is 0 Å². The first-order valence-corrected chi connectivity index (χ1v) is 8.41. The van der Waals surface area contributed by atoms with Crippen LogP contribution in [-0.4, -0.2) is 25.5 Å². The molecule has 0 unspecified atom stereocenters. The van der Waals surface area contributed by atoms with Crippen molar-refractivity contribution in [3.05, 3.63) is 0 Å². The van der Waals surface area contributed by atoms with E-state index in [2.05, 4.69) is 18.5 Å². The molecule has 0 aromatic rings. The first-order valence-electron chi connectivity index (χ1n) is 6.86. The van der Waals surface area contributed by atoms with E-state index in [1.165, 1.54) is 0 Å². The smallest absolute Gasteiger partial charge is 0.425 e. The maximum Gasteiger partial charge on any atom is 0.425 e. The van der Waals surface area contributed by atoms with Gasteiger partial charge in [0.25, 0.3) is 0 Å². The summed E-state index contributed by atoms with van der Waals surface area (Å²) in [6.45, 7) is 2.59. The Bertz CT molecular complexity index is 332. The summed E-state index contributed by atoms with van der Waals surface area (Å²) in [4.78, 5) is 22.3. The van der Waals surface area contributed by atoms with Crippen LogP contribution in [0.4, 0.5) is 0 Å². The largest absolute Gasteiger partial charge is 0.438 e. The molecule has 0 bridgehead atoms. The van der Waals surface area contributed by atoms with Gasteiger partial charge in [0.1, 0.15) is 0 Å². The van der Waals surface area contributed by atoms with Crippen molar-refractivity contribution in [3.63, 3.8) is 0 Å². The number of ether oxygens (including phenoxy) is 2. The van der Waals surface area contributed by atoms with E-state index in [4.69, 9.17) is 5.50 Å². The van der Waals surface area contributed by atoms with E-state index < -0.39 is 33.3 Å². The summed E-state index contributed by atoms with van der Waals surface area (Å²) in [6, 6.07) is 0. The van der Waals surface area contributed by atoms with E-state index >= 15 is 0 Å². The Morgan fingerprint density at radius 1 is 0.905 bits per heavy atom. The Hall–Kier alpha value is -0.950. The number of nitrogens with one attached hydrogen (secondary N) is 1. The lowest BCUT2D eigenvalue weighted by Crippen LogP contribution is -2.11. The van der Waals surface area contributed by atoms with Crippen molar-refractivity contribution >= 4 is 19.7 Å². The third kappa shape index (κ3) is 12.5. The summed E-state index contributed by atoms with van der Waals surface area (Å²) in [7, 11) is -4.16. The molecule has 0 saturated heterocycles. The van der Waals surface area contributed by atoms with Gasteiger partial charge in [-0.2, -0.15) is 0 Å². The topological polar surface area (TPSA) is 112 Å². The van der Waals surface area contributed by atoms with E-state index in [0.29, 0.717) is 12.8 Å². The van der Waals surface area contributed by atoms with Crippen LogP contribution >= 0.6 is 7.75 Å². The fourth-order valence-electron chi connectivity index (χ4n) is 1.15. The van der Waals surface area contributed by atoms with Gasteiger partial charge in [-0.05, 0) is 12.8 Å². The van der Waals surface area contributed by atoms with Gasteiger partial charge in [-0.1, -0.05) is 26.7 Å². The highest BCUT2D eigenvalue weighted by Crippen LogP contribution is 2.41. The van der Waals surface area contributed by atoms with Crippen molar-refractivity contribution in [1.82, 2.24) is 5.50 Å². The molecule has 0 aliphatic carbocycles. The zero-order valence-electron chi connectivity index (χ0n) is 12.5. The number of carbonyl (C=O) groups is 2. The van der Waals surface area contributed by atoms with E-state index in [1.807, 2.05) is 13.8 Å². The molecule has 123 valence electrons. The average Bonchev–Trinajstić information content (AvgIpc) is 2.42. The Balaban J connectivity index is 3.76. The minimum absolute atomic E-state index is 0.234. The quantitative estimate of drug-likeness (QED) is 0.308. The van der Waals surface area contributed by atoms with Crippen molar-refractivity contribution in [2.75, 3.05) is 13.6 Å². The zero-order valence-corrected chi connectivity index (χ0v) is 13.4. The Kier molecular flexibility index (Phi) is 11.2. The van der Waals surface area contributed by atoms with Crippen LogP contribution in [0, 0.1) is 0 Å². The summed E-state index contributed by atoms with van der Waals surface area (Å²) >= 11 is 0. The molecule has 0 fully saturated rings. The lowest BCUT2D eigenvalue weighted by atomic mass is 10.3. The van der Waals surface area contributed by atoms with Crippen molar-refractivity contribution in [3.8, 4) is 0 Å². The molecule has 0 spiro atoms. The van der Waals surface area contributed by atoms with E-state index in [-0.39, 0.29) is 12.8 Å². The minimum Gasteiger partial charge on any atom is -0.438 e. The molecule has 0 rings (SSSR count). The second kappa shape index (κ2) is 11.7. The molecule has 1 radical (unpaired) electrons. The van der Waals surface area contributed by atoms with Crippen LogP contribution in [0.1, 0.15) is 52.4 Å². The highest BCUT2D eigenvalue weighted by atomic mass is 31.2. The van der Waals surface area contributed by atoms with E-state index in [1.54, 1.807) is 0 Å². The van der Waals surface area contributed by atoms with Gasteiger partial charge in [-0.25, -0.2) is 4.57 Å². The van der Waals surface area contributed by atoms with Gasteiger partial charge in [0.15, 0.2) is 0 Å². The number of carbonyl (C=O) groups excluding carboxylic acids is 2. The fourth-order valence-corrected chi connectivity index (χ4v) is 1.60. The molecule has 0 amide bonds. The zero-order chi connectivity index (χ0) is 16.1. The summed E-state index contributed by atoms with van der Waals surface area (Å²) in [6.07, 6.45) is 3.53. The molecule has 0 aromatic carbocycles. The Labute approximate surface area is 124 Å². The second-order valence-corrected chi connectivity index (χ2v) is 5.74. The third-order valence-electron chi connectivity index (χ3n) is 2.35. The number of esters is 2. The van der Waals surface area contributed by atoms with Crippen LogP contribution in [0.25, 0.3) is 0 Å². The van der Waals surface area contributed by atoms with Gasteiger partial charge in [0.05, 0.1) is 0 Å². The van der Waals surface area contributed by atoms with Crippen molar-refractivity contribution in [2.24, 2.45) is 0 Å². The predicted molar refractivity (Wildman–Crippen MR) is 73.8 cm³/mol. The molecule has 0 aliphatic heterocycles. The lowest BCUT2D eigenvalue weighted by Gasteiger charge is -2.12. The Morgan fingerprint density at radius 2 is 1.29 bits per heavy atom. The molecule has 0 saturated carbocycles. The molecular formula is C12H23NO7P. The van der Waals surface area contributed by atoms with Crippen LogP contribution in [0.15, 0.2) is 0 Å². The predicted octanol–water partition coefficient (Wildman–Crippen LogP) is 2.79. The van der Waals surface area contributed by atoms with Gasteiger partial charge in [0, 0.05) is 12.8 Å². The number of hydrogen-bond acceptors (Lipinski definition) is 7. The van der Waals surface area contributed by atoms with Crippen LogP contribution in [-0.2, 0) is 32.7 Å². The van der Waals surface area contributed by atoms with Gasteiger partial charge >= 0.3 is 19.7 Å². The average molecular weight is 324 g/mol. The number of hydrogen-bond donors (Lipinski definition) is 0. The standard InChI is InChI=1S/C12H23NO7P/c1-3-5-7-11(14)17-9-19-21(13,16)20-10-18-12(15)8-6-4-2/h13H,3-10H2,1-2H3. The van der Waals surface area contributed by atoms with Gasteiger partial charge in [0.2, 0.25) is 13.6 Å². The normalized spacial score (nSPS) is 11.2. The highest BCUT2D eigenvalue weighted by Gasteiger charge is 2.21. The van der Waals surface area contributed by atoms with Crippen LogP contribution in [0.3, 0.4) is 0 Å². The number of rotatable bonds is 12. The lowest BCUT2D eigenvalue weighted by molar-refractivity contribution is -0.152. The summed E-state index contributed by atoms with van der Waals surface area (Å²) in [5.41, 5.74) is 7.22. The van der Waals surface area contributed by atoms with Gasteiger partial charge < -0.3 is 9.47 Å². The van der Waals surface area contributed by atoms with E-state index in [9.17, 15) is 14.2 Å². The van der Waals surface area contributed by atoms with Crippen molar-refractivity contribution < 1.29 is 32.7 Å². The fraction of sp³-hybridized carbons (Fsp3) is 0.833. The summed E-state index contributed by atoms with van der Waals surface area (Å²) in [5.74, 6) is -0.995. The van der Waals surface area contributed by atoms with Gasteiger partial charge in [-0.3, -0.25) is 18.6 Å². The first kappa shape index (κ1) is 20.1. The molecular weight excluding hydrogens is 301 g/mol. The van der Waals surface area contributed by atoms with Crippen molar-refractivity contribution in [1.29, 1.82) is 0 Å². The van der Waals surface area contributed by atoms with Crippen molar-refractivity contribution in [2.45, 2.75) is 52.4 Å². The first-order chi connectivity index (χ1) is 9.91. The SMILES string of the molecule is CCCCC(=O)OCOP([NH])(=O)OCOC(=O)CCCC. The molecule has 8 nitrogen and oxygen atoms in total. The minimum atomic E-state index is -4.16. The molecule has 9 heteroatoms. The van der Waals surface area contributed by atoms with Crippen LogP contribution < -0.4 is 5.50 Å². The van der Waals surface area contributed by atoms with E-state index in [0.717, 1.165) is 12.8 Å². The summed E-state index contributed by atoms with van der Waals surface area (Å²) in [5, 5.41) is 0. The molecule has 0 heterocycles. The summed E-state index contributed by atoms with van der Waals surface area (Å²) < 4.78 is 29.7. The van der Waals surface area contributed by atoms with Gasteiger partial charge in [-0.15, -0.1) is 5.50 Å². The molecule has 0 atom stereocenters. The molecule has 0 aromatic heterocycles. The maximum absolute atomic E-state index is 11.4. The number of unbranched alkanes of at least 4 members (excludes halogenated alkanes) is 2. The molecule has 21 heavy (non-hydrogen) atoms. The third-order valence-corrected chi connectivity index (χ3v) is 3.24. The molecule has 1 N–H and O–H groups in total. The Morgan fingerprint density at radius 3 is 1.62 bits per heavy atom.